The molecule has 0 bridgehead atoms. The third-order valence-electron chi connectivity index (χ3n) is 2.22. The lowest BCUT2D eigenvalue weighted by molar-refractivity contribution is -0.117. The minimum absolute atomic E-state index is 0.140. The summed E-state index contributed by atoms with van der Waals surface area (Å²) in [5.41, 5.74) is 6.74. The second-order valence-corrected chi connectivity index (χ2v) is 4.64. The van der Waals surface area contributed by atoms with Gasteiger partial charge in [0.05, 0.1) is 11.7 Å². The molecule has 16 heavy (non-hydrogen) atoms. The Morgan fingerprint density at radius 1 is 1.56 bits per heavy atom. The van der Waals surface area contributed by atoms with Crippen molar-refractivity contribution in [1.29, 1.82) is 0 Å². The molecule has 1 amide bonds. The van der Waals surface area contributed by atoms with Crippen LogP contribution in [0, 0.1) is 0 Å². The van der Waals surface area contributed by atoms with Gasteiger partial charge < -0.3 is 11.1 Å². The molecule has 1 rings (SSSR count). The number of thiazole rings is 1. The zero-order valence-electron chi connectivity index (χ0n) is 9.82. The number of rotatable bonds is 6. The summed E-state index contributed by atoms with van der Waals surface area (Å²) in [7, 11) is 0. The topological polar surface area (TPSA) is 68.0 Å². The summed E-state index contributed by atoms with van der Waals surface area (Å²) in [6.45, 7) is 4.12. The molecule has 0 spiro atoms. The maximum atomic E-state index is 11.6. The van der Waals surface area contributed by atoms with Gasteiger partial charge in [-0.3, -0.25) is 4.79 Å². The molecule has 0 saturated heterocycles. The Morgan fingerprint density at radius 3 is 2.94 bits per heavy atom. The summed E-state index contributed by atoms with van der Waals surface area (Å²) in [6, 6.07) is -0.427. The van der Waals surface area contributed by atoms with Gasteiger partial charge in [0.2, 0.25) is 5.91 Å². The van der Waals surface area contributed by atoms with Gasteiger partial charge in [0.1, 0.15) is 0 Å². The highest BCUT2D eigenvalue weighted by Gasteiger charge is 2.13. The molecule has 5 heteroatoms. The number of nitrogens with zero attached hydrogens (tertiary/aromatic N) is 1. The molecule has 0 fully saturated rings. The molecule has 1 aromatic rings. The van der Waals surface area contributed by atoms with Gasteiger partial charge in [-0.15, -0.1) is 11.3 Å². The fourth-order valence-electron chi connectivity index (χ4n) is 1.38. The lowest BCUT2D eigenvalue weighted by atomic mass is 10.2. The van der Waals surface area contributed by atoms with Crippen LogP contribution < -0.4 is 11.1 Å². The number of nitrogens with two attached hydrogens (primary N) is 1. The number of hydrogen-bond donors (Lipinski definition) is 2. The molecule has 1 aromatic heterocycles. The standard InChI is InChI=1S/C11H19N3OS/c1-3-5-8-7-16-11(13-8)14-10(15)9(12)6-4-2/h7,9H,3-6,12H2,1-2H3,(H,13,14,15). The smallest absolute Gasteiger partial charge is 0.243 e. The van der Waals surface area contributed by atoms with Crippen molar-refractivity contribution in [1.82, 2.24) is 4.98 Å². The molecule has 0 saturated carbocycles. The second kappa shape index (κ2) is 6.60. The predicted octanol–water partition coefficient (Wildman–Crippen LogP) is 2.16. The Hall–Kier alpha value is -0.940. The van der Waals surface area contributed by atoms with Crippen molar-refractivity contribution in [3.63, 3.8) is 0 Å². The van der Waals surface area contributed by atoms with E-state index in [1.807, 2.05) is 12.3 Å². The zero-order chi connectivity index (χ0) is 12.0. The quantitative estimate of drug-likeness (QED) is 0.802. The average molecular weight is 241 g/mol. The highest BCUT2D eigenvalue weighted by Crippen LogP contribution is 2.16. The molecule has 90 valence electrons. The van der Waals surface area contributed by atoms with Gasteiger partial charge in [-0.2, -0.15) is 0 Å². The highest BCUT2D eigenvalue weighted by molar-refractivity contribution is 7.13. The van der Waals surface area contributed by atoms with E-state index >= 15 is 0 Å². The molecule has 1 unspecified atom stereocenters. The van der Waals surface area contributed by atoms with Gasteiger partial charge in [-0.25, -0.2) is 4.98 Å². The minimum Gasteiger partial charge on any atom is -0.320 e. The van der Waals surface area contributed by atoms with E-state index in [-0.39, 0.29) is 5.91 Å². The van der Waals surface area contributed by atoms with Crippen molar-refractivity contribution in [2.75, 3.05) is 5.32 Å². The third kappa shape index (κ3) is 3.90. The van der Waals surface area contributed by atoms with E-state index in [9.17, 15) is 4.79 Å². The van der Waals surface area contributed by atoms with Crippen LogP contribution in [0.3, 0.4) is 0 Å². The van der Waals surface area contributed by atoms with E-state index in [0.29, 0.717) is 11.6 Å². The van der Waals surface area contributed by atoms with Gasteiger partial charge in [0.15, 0.2) is 5.13 Å². The first kappa shape index (κ1) is 13.1. The third-order valence-corrected chi connectivity index (χ3v) is 3.03. The number of aryl methyl sites for hydroxylation is 1. The van der Waals surface area contributed by atoms with Crippen molar-refractivity contribution in [3.05, 3.63) is 11.1 Å². The van der Waals surface area contributed by atoms with Crippen LogP contribution in [0.1, 0.15) is 38.8 Å². The monoisotopic (exact) mass is 241 g/mol. The minimum atomic E-state index is -0.427. The van der Waals surface area contributed by atoms with Gasteiger partial charge in [-0.05, 0) is 12.8 Å². The molecule has 1 atom stereocenters. The Morgan fingerprint density at radius 2 is 2.31 bits per heavy atom. The maximum absolute atomic E-state index is 11.6. The number of anilines is 1. The summed E-state index contributed by atoms with van der Waals surface area (Å²) < 4.78 is 0. The van der Waals surface area contributed by atoms with Crippen molar-refractivity contribution >= 4 is 22.4 Å². The molecular weight excluding hydrogens is 222 g/mol. The SMILES string of the molecule is CCCc1csc(NC(=O)C(N)CCC)n1. The summed E-state index contributed by atoms with van der Waals surface area (Å²) in [5.74, 6) is -0.140. The van der Waals surface area contributed by atoms with Crippen LogP contribution in [-0.4, -0.2) is 16.9 Å². The fraction of sp³-hybridized carbons (Fsp3) is 0.636. The van der Waals surface area contributed by atoms with E-state index in [1.54, 1.807) is 0 Å². The van der Waals surface area contributed by atoms with E-state index in [4.69, 9.17) is 5.73 Å². The predicted molar refractivity (Wildman–Crippen MR) is 67.6 cm³/mol. The summed E-state index contributed by atoms with van der Waals surface area (Å²) in [4.78, 5) is 15.9. The molecule has 1 heterocycles. The number of aromatic nitrogens is 1. The average Bonchev–Trinajstić information content (AvgIpc) is 2.66. The first-order valence-corrected chi connectivity index (χ1v) is 6.56. The summed E-state index contributed by atoms with van der Waals surface area (Å²) >= 11 is 1.45. The van der Waals surface area contributed by atoms with Crippen LogP contribution in [0.2, 0.25) is 0 Å². The zero-order valence-corrected chi connectivity index (χ0v) is 10.6. The van der Waals surface area contributed by atoms with Crippen molar-refractivity contribution in [2.24, 2.45) is 5.73 Å². The number of carbonyl (C=O) groups excluding carboxylic acids is 1. The Bertz CT molecular complexity index is 338. The van der Waals surface area contributed by atoms with Crippen LogP contribution in [0.15, 0.2) is 5.38 Å². The summed E-state index contributed by atoms with van der Waals surface area (Å²) in [5, 5.41) is 5.38. The van der Waals surface area contributed by atoms with Crippen molar-refractivity contribution < 1.29 is 4.79 Å². The number of carbonyl (C=O) groups is 1. The van der Waals surface area contributed by atoms with Crippen molar-refractivity contribution in [3.8, 4) is 0 Å². The van der Waals surface area contributed by atoms with Crippen LogP contribution in [-0.2, 0) is 11.2 Å². The van der Waals surface area contributed by atoms with E-state index in [0.717, 1.165) is 25.0 Å². The van der Waals surface area contributed by atoms with Crippen molar-refractivity contribution in [2.45, 2.75) is 45.6 Å². The van der Waals surface area contributed by atoms with Gasteiger partial charge in [0, 0.05) is 5.38 Å². The van der Waals surface area contributed by atoms with Gasteiger partial charge >= 0.3 is 0 Å². The normalized spacial score (nSPS) is 12.4. The molecule has 0 aliphatic carbocycles. The largest absolute Gasteiger partial charge is 0.320 e. The first-order valence-electron chi connectivity index (χ1n) is 5.68. The number of hydrogen-bond acceptors (Lipinski definition) is 4. The van der Waals surface area contributed by atoms with E-state index < -0.39 is 6.04 Å². The van der Waals surface area contributed by atoms with Gasteiger partial charge in [-0.1, -0.05) is 26.7 Å². The molecule has 0 aliphatic rings. The number of nitrogens with one attached hydrogen (secondary N) is 1. The first-order chi connectivity index (χ1) is 7.67. The molecule has 3 N–H and O–H groups in total. The molecular formula is C11H19N3OS. The van der Waals surface area contributed by atoms with E-state index in [2.05, 4.69) is 17.2 Å². The maximum Gasteiger partial charge on any atom is 0.243 e. The van der Waals surface area contributed by atoms with Crippen LogP contribution in [0.25, 0.3) is 0 Å². The van der Waals surface area contributed by atoms with Crippen LogP contribution in [0.4, 0.5) is 5.13 Å². The molecule has 0 radical (unpaired) electrons. The Kier molecular flexibility index (Phi) is 5.42. The van der Waals surface area contributed by atoms with E-state index in [1.165, 1.54) is 11.3 Å². The van der Waals surface area contributed by atoms with Crippen LogP contribution in [0.5, 0.6) is 0 Å². The molecule has 0 aliphatic heterocycles. The molecule has 0 aromatic carbocycles. The lowest BCUT2D eigenvalue weighted by Gasteiger charge is -2.08. The lowest BCUT2D eigenvalue weighted by Crippen LogP contribution is -2.35. The number of amides is 1. The second-order valence-electron chi connectivity index (χ2n) is 3.78. The van der Waals surface area contributed by atoms with Crippen LogP contribution >= 0.6 is 11.3 Å². The van der Waals surface area contributed by atoms with Gasteiger partial charge in [0.25, 0.3) is 0 Å². The highest BCUT2D eigenvalue weighted by atomic mass is 32.1. The fourth-order valence-corrected chi connectivity index (χ4v) is 2.12. The Labute approximate surface area is 100 Å². The Balaban J connectivity index is 2.49. The summed E-state index contributed by atoms with van der Waals surface area (Å²) in [6.07, 6.45) is 3.63. The molecule has 4 nitrogen and oxygen atoms in total.